The molecule has 252 valence electrons. The molecule has 2 heterocycles. The smallest absolute Gasteiger partial charge is 0.469 e. The number of halogens is 1. The number of alkyl halides is 1. The van der Waals surface area contributed by atoms with E-state index in [4.69, 9.17) is 13.9 Å². The Bertz CT molecular complexity index is 1710. The average molecular weight is 673 g/mol. The molecule has 1 saturated heterocycles. The maximum absolute atomic E-state index is 17.7. The molecule has 5 aliphatic rings. The fourth-order valence-electron chi connectivity index (χ4n) is 9.43. The summed E-state index contributed by atoms with van der Waals surface area (Å²) in [5, 5.41) is 21.1. The van der Waals surface area contributed by atoms with Crippen LogP contribution in [-0.4, -0.2) is 61.7 Å². The molecule has 4 aliphatic carbocycles. The predicted octanol–water partition coefficient (Wildman–Crippen LogP) is 4.17. The van der Waals surface area contributed by atoms with Gasteiger partial charge in [-0.2, -0.15) is 0 Å². The molecule has 4 fully saturated rings. The van der Waals surface area contributed by atoms with Crippen molar-refractivity contribution in [1.29, 1.82) is 0 Å². The Hall–Kier alpha value is -2.80. The van der Waals surface area contributed by atoms with Crippen LogP contribution >= 0.6 is 7.82 Å². The van der Waals surface area contributed by atoms with Crippen LogP contribution in [0.1, 0.15) is 68.3 Å². The molecule has 0 radical (unpaired) electrons. The minimum Gasteiger partial charge on any atom is -0.469 e. The van der Waals surface area contributed by atoms with Crippen LogP contribution in [0.15, 0.2) is 64.8 Å². The number of carbonyl (C=O) groups is 2. The standard InChI is InChI=1S/C34H38FO11P/c1-31-10-9-23(37)13-22(31)7-8-25-26-14-29-34(28(39)18-44-47(40,41)42,32(26,2)15-27(38)33(25,31)35)46-30(45-29)21-12-24(43-17-21)11-19-3-5-20(16-36)6-4-19/h3-6,9-10,12-13,17,25-27,29-30,36,38H,7-8,11,14-16,18H2,1-2H3,(H2,40,41,42)/t25-,26-,27-,29+,30+,31-,32-,33-,34+/m0/s1. The number of hydrogen-bond donors (Lipinski definition) is 4. The number of carbonyl (C=O) groups excluding carboxylic acids is 2. The van der Waals surface area contributed by atoms with Crippen molar-refractivity contribution < 1.29 is 57.0 Å². The van der Waals surface area contributed by atoms with E-state index in [0.717, 1.165) is 11.1 Å². The van der Waals surface area contributed by atoms with Crippen LogP contribution in [0.2, 0.25) is 0 Å². The molecule has 1 aliphatic heterocycles. The number of rotatable bonds is 8. The van der Waals surface area contributed by atoms with Gasteiger partial charge in [0, 0.05) is 28.7 Å². The zero-order chi connectivity index (χ0) is 33.6. The summed E-state index contributed by atoms with van der Waals surface area (Å²) < 4.78 is 52.8. The van der Waals surface area contributed by atoms with Crippen LogP contribution in [0.3, 0.4) is 0 Å². The third-order valence-electron chi connectivity index (χ3n) is 11.7. The molecule has 0 unspecified atom stereocenters. The third-order valence-corrected chi connectivity index (χ3v) is 12.2. The van der Waals surface area contributed by atoms with E-state index in [1.54, 1.807) is 26.0 Å². The van der Waals surface area contributed by atoms with Gasteiger partial charge in [-0.05, 0) is 67.9 Å². The number of aliphatic hydroxyl groups excluding tert-OH is 2. The fraction of sp³-hybridized carbons (Fsp3) is 0.529. The molecular formula is C34H38FO11P. The molecule has 0 bridgehead atoms. The molecule has 0 spiro atoms. The summed E-state index contributed by atoms with van der Waals surface area (Å²) in [6.45, 7) is 2.41. The highest BCUT2D eigenvalue weighted by atomic mass is 31.2. The lowest BCUT2D eigenvalue weighted by Crippen LogP contribution is -2.69. The zero-order valence-electron chi connectivity index (χ0n) is 26.0. The van der Waals surface area contributed by atoms with E-state index < -0.39 is 72.6 Å². The largest absolute Gasteiger partial charge is 0.470 e. The van der Waals surface area contributed by atoms with Crippen molar-refractivity contribution in [3.8, 4) is 0 Å². The predicted molar refractivity (Wildman–Crippen MR) is 162 cm³/mol. The number of ether oxygens (including phenoxy) is 2. The Morgan fingerprint density at radius 3 is 2.57 bits per heavy atom. The Labute approximate surface area is 270 Å². The van der Waals surface area contributed by atoms with Gasteiger partial charge in [0.05, 0.1) is 25.1 Å². The van der Waals surface area contributed by atoms with Crippen LogP contribution in [0.25, 0.3) is 0 Å². The molecule has 2 aromatic rings. The molecule has 11 nitrogen and oxygen atoms in total. The first-order valence-electron chi connectivity index (χ1n) is 15.8. The second-order valence-corrected chi connectivity index (χ2v) is 15.2. The summed E-state index contributed by atoms with van der Waals surface area (Å²) in [4.78, 5) is 45.2. The molecule has 1 aromatic heterocycles. The van der Waals surface area contributed by atoms with Crippen LogP contribution < -0.4 is 0 Å². The van der Waals surface area contributed by atoms with Gasteiger partial charge < -0.3 is 33.9 Å². The van der Waals surface area contributed by atoms with Gasteiger partial charge in [0.1, 0.15) is 12.4 Å². The van der Waals surface area contributed by atoms with E-state index in [2.05, 4.69) is 4.52 Å². The second-order valence-electron chi connectivity index (χ2n) is 14.0. The van der Waals surface area contributed by atoms with Gasteiger partial charge in [0.25, 0.3) is 0 Å². The molecule has 4 N–H and O–H groups in total. The normalized spacial score (nSPS) is 39.2. The highest BCUT2D eigenvalue weighted by Gasteiger charge is 2.79. The van der Waals surface area contributed by atoms with Crippen molar-refractivity contribution in [2.75, 3.05) is 6.61 Å². The number of phosphoric ester groups is 1. The maximum Gasteiger partial charge on any atom is 0.470 e. The highest BCUT2D eigenvalue weighted by Crippen LogP contribution is 2.72. The lowest BCUT2D eigenvalue weighted by Gasteiger charge is -2.62. The van der Waals surface area contributed by atoms with E-state index in [1.807, 2.05) is 24.3 Å². The van der Waals surface area contributed by atoms with E-state index in [0.29, 0.717) is 36.2 Å². The van der Waals surface area contributed by atoms with Gasteiger partial charge in [-0.15, -0.1) is 0 Å². The SMILES string of the molecule is C[C@]12C=CC(=O)C=C1CC[C@H]1[C@@H]3C[C@H]4O[C@@H](c5coc(Cc6ccc(CO)cc6)c5)O[C@@]4(C(=O)COP(=O)(O)O)[C@@]3(C)C[C@H](O)[C@@]12F. The summed E-state index contributed by atoms with van der Waals surface area (Å²) in [5.74, 6) is -1.67. The number of fused-ring (bicyclic) bond motifs is 7. The number of Topliss-reactive ketones (excluding diaryl/α,β-unsaturated/α-hetero) is 1. The number of furan rings is 1. The molecule has 13 heteroatoms. The number of allylic oxidation sites excluding steroid dienone is 4. The summed E-state index contributed by atoms with van der Waals surface area (Å²) >= 11 is 0. The second kappa shape index (κ2) is 11.1. The summed E-state index contributed by atoms with van der Waals surface area (Å²) in [5.41, 5.74) is -3.61. The molecule has 3 saturated carbocycles. The summed E-state index contributed by atoms with van der Waals surface area (Å²) in [6.07, 6.45) is 3.37. The number of benzene rings is 1. The van der Waals surface area contributed by atoms with E-state index in [9.17, 15) is 34.2 Å². The molecule has 1 aromatic carbocycles. The van der Waals surface area contributed by atoms with E-state index >= 15 is 4.39 Å². The average Bonchev–Trinajstić information content (AvgIpc) is 3.70. The maximum atomic E-state index is 17.7. The number of phosphoric acid groups is 1. The topological polar surface area (TPSA) is 173 Å². The molecular weight excluding hydrogens is 634 g/mol. The van der Waals surface area contributed by atoms with Gasteiger partial charge in [-0.1, -0.05) is 42.8 Å². The van der Waals surface area contributed by atoms with Crippen molar-refractivity contribution in [2.24, 2.45) is 22.7 Å². The number of ketones is 2. The summed E-state index contributed by atoms with van der Waals surface area (Å²) in [7, 11) is -5.04. The van der Waals surface area contributed by atoms with Gasteiger partial charge in [-0.25, -0.2) is 8.96 Å². The monoisotopic (exact) mass is 672 g/mol. The van der Waals surface area contributed by atoms with Crippen molar-refractivity contribution >= 4 is 19.4 Å². The Morgan fingerprint density at radius 2 is 1.87 bits per heavy atom. The van der Waals surface area contributed by atoms with Crippen molar-refractivity contribution in [1.82, 2.24) is 0 Å². The first kappa shape index (κ1) is 32.7. The van der Waals surface area contributed by atoms with Crippen molar-refractivity contribution in [3.63, 3.8) is 0 Å². The zero-order valence-corrected chi connectivity index (χ0v) is 26.9. The lowest BCUT2D eigenvalue weighted by molar-refractivity contribution is -0.231. The van der Waals surface area contributed by atoms with Crippen LogP contribution in [0.4, 0.5) is 4.39 Å². The first-order chi connectivity index (χ1) is 22.1. The minimum absolute atomic E-state index is 0.0678. The lowest BCUT2D eigenvalue weighted by atomic mass is 9.44. The van der Waals surface area contributed by atoms with Gasteiger partial charge >= 0.3 is 7.82 Å². The van der Waals surface area contributed by atoms with Gasteiger partial charge in [0.15, 0.2) is 29.1 Å². The van der Waals surface area contributed by atoms with Crippen molar-refractivity contribution in [2.45, 2.75) is 82.3 Å². The minimum atomic E-state index is -5.04. The molecule has 47 heavy (non-hydrogen) atoms. The Morgan fingerprint density at radius 1 is 1.15 bits per heavy atom. The van der Waals surface area contributed by atoms with E-state index in [-0.39, 0.29) is 25.2 Å². The fourth-order valence-corrected chi connectivity index (χ4v) is 9.72. The molecule has 9 atom stereocenters. The van der Waals surface area contributed by atoms with Crippen LogP contribution in [0.5, 0.6) is 0 Å². The first-order valence-corrected chi connectivity index (χ1v) is 17.3. The number of aliphatic hydroxyl groups is 2. The molecule has 0 amide bonds. The van der Waals surface area contributed by atoms with E-state index in [1.165, 1.54) is 18.4 Å². The summed E-state index contributed by atoms with van der Waals surface area (Å²) in [6, 6.07) is 9.12. The quantitative estimate of drug-likeness (QED) is 0.297. The van der Waals surface area contributed by atoms with Crippen LogP contribution in [-0.2, 0) is 41.2 Å². The molecule has 7 rings (SSSR count). The highest BCUT2D eigenvalue weighted by molar-refractivity contribution is 7.46. The van der Waals surface area contributed by atoms with Crippen LogP contribution in [0, 0.1) is 22.7 Å². The van der Waals surface area contributed by atoms with Gasteiger partial charge in [-0.3, -0.25) is 14.1 Å². The number of hydrogen-bond acceptors (Lipinski definition) is 9. The van der Waals surface area contributed by atoms with Gasteiger partial charge in [0.2, 0.25) is 0 Å². The Kier molecular flexibility index (Phi) is 7.74. The van der Waals surface area contributed by atoms with Crippen molar-refractivity contribution in [3.05, 3.63) is 82.8 Å². The Balaban J connectivity index is 1.22. The third kappa shape index (κ3) is 4.83.